The number of likely N-dealkylation sites (tertiary alicyclic amines) is 1. The highest BCUT2D eigenvalue weighted by molar-refractivity contribution is 5.94. The van der Waals surface area contributed by atoms with Gasteiger partial charge in [-0.1, -0.05) is 6.07 Å². The van der Waals surface area contributed by atoms with Crippen LogP contribution in [0.2, 0.25) is 0 Å². The lowest BCUT2D eigenvalue weighted by Crippen LogP contribution is -2.28. The fourth-order valence-corrected chi connectivity index (χ4v) is 2.36. The van der Waals surface area contributed by atoms with E-state index in [9.17, 15) is 9.90 Å². The molecule has 0 saturated carbocycles. The molecule has 2 N–H and O–H groups in total. The summed E-state index contributed by atoms with van der Waals surface area (Å²) in [5.41, 5.74) is 1.30. The van der Waals surface area contributed by atoms with Crippen molar-refractivity contribution >= 4 is 5.91 Å². The lowest BCUT2D eigenvalue weighted by Gasteiger charge is -2.14. The lowest BCUT2D eigenvalue weighted by molar-refractivity contribution is 0.0951. The molecule has 1 aromatic carbocycles. The smallest absolute Gasteiger partial charge is 0.251 e. The molecule has 0 spiro atoms. The van der Waals surface area contributed by atoms with Crippen LogP contribution in [0.15, 0.2) is 18.2 Å². The van der Waals surface area contributed by atoms with Gasteiger partial charge in [-0.05, 0) is 63.5 Å². The number of phenols is 1. The van der Waals surface area contributed by atoms with Crippen LogP contribution >= 0.6 is 0 Å². The van der Waals surface area contributed by atoms with Gasteiger partial charge in [0, 0.05) is 12.1 Å². The average Bonchev–Trinajstić information content (AvgIpc) is 2.91. The van der Waals surface area contributed by atoms with Gasteiger partial charge >= 0.3 is 0 Å². The van der Waals surface area contributed by atoms with Crippen LogP contribution in [0.5, 0.6) is 5.75 Å². The molecule has 0 aliphatic carbocycles. The van der Waals surface area contributed by atoms with E-state index >= 15 is 0 Å². The van der Waals surface area contributed by atoms with Crippen LogP contribution in [0, 0.1) is 6.92 Å². The minimum atomic E-state index is -0.114. The highest BCUT2D eigenvalue weighted by Gasteiger charge is 2.11. The largest absolute Gasteiger partial charge is 0.508 e. The third-order valence-corrected chi connectivity index (χ3v) is 3.61. The summed E-state index contributed by atoms with van der Waals surface area (Å²) < 4.78 is 0. The van der Waals surface area contributed by atoms with Crippen molar-refractivity contribution in [3.05, 3.63) is 29.3 Å². The summed E-state index contributed by atoms with van der Waals surface area (Å²) in [6.45, 7) is 5.94. The number of hydrogen-bond acceptors (Lipinski definition) is 3. The van der Waals surface area contributed by atoms with Gasteiger partial charge in [0.25, 0.3) is 5.91 Å². The molecule has 1 amide bonds. The summed E-state index contributed by atoms with van der Waals surface area (Å²) in [5.74, 6) is 0.0569. The number of hydrogen-bond donors (Lipinski definition) is 2. The molecule has 104 valence electrons. The fourth-order valence-electron chi connectivity index (χ4n) is 2.36. The molecule has 19 heavy (non-hydrogen) atoms. The molecule has 1 fully saturated rings. The van der Waals surface area contributed by atoms with Gasteiger partial charge in [-0.25, -0.2) is 0 Å². The van der Waals surface area contributed by atoms with Crippen LogP contribution in [-0.4, -0.2) is 42.1 Å². The summed E-state index contributed by atoms with van der Waals surface area (Å²) in [5, 5.41) is 12.5. The summed E-state index contributed by atoms with van der Waals surface area (Å²) in [6, 6.07) is 5.02. The van der Waals surface area contributed by atoms with E-state index in [1.54, 1.807) is 12.1 Å². The minimum absolute atomic E-state index is 0.114. The predicted molar refractivity (Wildman–Crippen MR) is 75.5 cm³/mol. The average molecular weight is 262 g/mol. The van der Waals surface area contributed by atoms with Crippen molar-refractivity contribution in [3.63, 3.8) is 0 Å². The van der Waals surface area contributed by atoms with Crippen molar-refractivity contribution in [2.45, 2.75) is 26.2 Å². The summed E-state index contributed by atoms with van der Waals surface area (Å²) in [7, 11) is 0. The second-order valence-electron chi connectivity index (χ2n) is 5.16. The van der Waals surface area contributed by atoms with E-state index < -0.39 is 0 Å². The quantitative estimate of drug-likeness (QED) is 0.797. The zero-order chi connectivity index (χ0) is 13.7. The van der Waals surface area contributed by atoms with Gasteiger partial charge in [-0.2, -0.15) is 0 Å². The molecule has 0 bridgehead atoms. The monoisotopic (exact) mass is 262 g/mol. The summed E-state index contributed by atoms with van der Waals surface area (Å²) in [6.07, 6.45) is 3.58. The molecule has 0 aromatic heterocycles. The van der Waals surface area contributed by atoms with Crippen LogP contribution in [0.3, 0.4) is 0 Å². The highest BCUT2D eigenvalue weighted by Crippen LogP contribution is 2.17. The Morgan fingerprint density at radius 1 is 1.37 bits per heavy atom. The standard InChI is InChI=1S/C15H22N2O2/c1-12-5-6-13(11-14(12)18)15(19)16-7-4-10-17-8-2-3-9-17/h5-6,11,18H,2-4,7-10H2,1H3,(H,16,19). The Morgan fingerprint density at radius 3 is 2.79 bits per heavy atom. The lowest BCUT2D eigenvalue weighted by atomic mass is 10.1. The SMILES string of the molecule is Cc1ccc(C(=O)NCCCN2CCCC2)cc1O. The van der Waals surface area contributed by atoms with E-state index in [1.165, 1.54) is 32.0 Å². The van der Waals surface area contributed by atoms with E-state index in [4.69, 9.17) is 0 Å². The molecule has 0 atom stereocenters. The Labute approximate surface area is 114 Å². The number of rotatable bonds is 5. The maximum absolute atomic E-state index is 11.9. The molecule has 0 unspecified atom stereocenters. The number of aromatic hydroxyl groups is 1. The van der Waals surface area contributed by atoms with Crippen LogP contribution < -0.4 is 5.32 Å². The second-order valence-corrected chi connectivity index (χ2v) is 5.16. The maximum Gasteiger partial charge on any atom is 0.251 e. The molecular formula is C15H22N2O2. The van der Waals surface area contributed by atoms with Crippen molar-refractivity contribution in [1.82, 2.24) is 10.2 Å². The topological polar surface area (TPSA) is 52.6 Å². The van der Waals surface area contributed by atoms with E-state index in [0.29, 0.717) is 12.1 Å². The van der Waals surface area contributed by atoms with Crippen LogP contribution in [0.25, 0.3) is 0 Å². The normalized spacial score (nSPS) is 15.6. The first-order valence-corrected chi connectivity index (χ1v) is 6.97. The van der Waals surface area contributed by atoms with Crippen molar-refractivity contribution in [3.8, 4) is 5.75 Å². The number of carbonyl (C=O) groups is 1. The van der Waals surface area contributed by atoms with E-state index in [1.807, 2.05) is 6.92 Å². The molecule has 1 aliphatic rings. The minimum Gasteiger partial charge on any atom is -0.508 e. The molecule has 1 saturated heterocycles. The zero-order valence-corrected chi connectivity index (χ0v) is 11.5. The van der Waals surface area contributed by atoms with Crippen molar-refractivity contribution < 1.29 is 9.90 Å². The Balaban J connectivity index is 1.72. The van der Waals surface area contributed by atoms with E-state index in [-0.39, 0.29) is 11.7 Å². The van der Waals surface area contributed by atoms with Crippen molar-refractivity contribution in [2.24, 2.45) is 0 Å². The summed E-state index contributed by atoms with van der Waals surface area (Å²) in [4.78, 5) is 14.3. The van der Waals surface area contributed by atoms with Gasteiger partial charge in [-0.15, -0.1) is 0 Å². The van der Waals surface area contributed by atoms with Crippen LogP contribution in [0.4, 0.5) is 0 Å². The number of amides is 1. The Bertz CT molecular complexity index is 440. The fraction of sp³-hybridized carbons (Fsp3) is 0.533. The van der Waals surface area contributed by atoms with Crippen molar-refractivity contribution in [1.29, 1.82) is 0 Å². The van der Waals surface area contributed by atoms with Gasteiger partial charge in [0.2, 0.25) is 0 Å². The molecule has 1 aliphatic heterocycles. The third-order valence-electron chi connectivity index (χ3n) is 3.61. The first kappa shape index (κ1) is 13.9. The number of phenolic OH excluding ortho intramolecular Hbond substituents is 1. The molecule has 4 nitrogen and oxygen atoms in total. The molecule has 1 heterocycles. The third kappa shape index (κ3) is 3.96. The highest BCUT2D eigenvalue weighted by atomic mass is 16.3. The molecule has 1 aromatic rings. The number of nitrogens with one attached hydrogen (secondary N) is 1. The molecular weight excluding hydrogens is 240 g/mol. The molecule has 2 rings (SSSR count). The molecule has 4 heteroatoms. The number of benzene rings is 1. The van der Waals surface area contributed by atoms with Gasteiger partial charge in [0.15, 0.2) is 0 Å². The molecule has 0 radical (unpaired) electrons. The predicted octanol–water partition coefficient (Wildman–Crippen LogP) is 1.92. The zero-order valence-electron chi connectivity index (χ0n) is 11.5. The van der Waals surface area contributed by atoms with Gasteiger partial charge in [0.1, 0.15) is 5.75 Å². The second kappa shape index (κ2) is 6.57. The number of carbonyl (C=O) groups excluding carboxylic acids is 1. The Kier molecular flexibility index (Phi) is 4.80. The first-order valence-electron chi connectivity index (χ1n) is 6.97. The Hall–Kier alpha value is -1.55. The Morgan fingerprint density at radius 2 is 2.11 bits per heavy atom. The first-order chi connectivity index (χ1) is 9.16. The van der Waals surface area contributed by atoms with Gasteiger partial charge < -0.3 is 15.3 Å². The maximum atomic E-state index is 11.9. The van der Waals surface area contributed by atoms with Crippen molar-refractivity contribution in [2.75, 3.05) is 26.2 Å². The summed E-state index contributed by atoms with van der Waals surface area (Å²) >= 11 is 0. The number of aryl methyl sites for hydroxylation is 1. The van der Waals surface area contributed by atoms with Gasteiger partial charge in [0.05, 0.1) is 0 Å². The van der Waals surface area contributed by atoms with Gasteiger partial charge in [-0.3, -0.25) is 4.79 Å². The van der Waals surface area contributed by atoms with Crippen LogP contribution in [0.1, 0.15) is 35.2 Å². The van der Waals surface area contributed by atoms with Crippen LogP contribution in [-0.2, 0) is 0 Å². The van der Waals surface area contributed by atoms with E-state index in [0.717, 1.165) is 18.5 Å². The number of nitrogens with zero attached hydrogens (tertiary/aromatic N) is 1. The van der Waals surface area contributed by atoms with E-state index in [2.05, 4.69) is 10.2 Å².